The predicted octanol–water partition coefficient (Wildman–Crippen LogP) is 1.95. The third-order valence-corrected chi connectivity index (χ3v) is 3.14. The van der Waals surface area contributed by atoms with E-state index in [0.29, 0.717) is 12.3 Å². The first-order valence-corrected chi connectivity index (χ1v) is 6.21. The highest BCUT2D eigenvalue weighted by atomic mass is 16.3. The molecule has 2 amide bonds. The quantitative estimate of drug-likeness (QED) is 0.885. The molecule has 0 saturated carbocycles. The van der Waals surface area contributed by atoms with Gasteiger partial charge in [0, 0.05) is 12.4 Å². The van der Waals surface area contributed by atoms with E-state index in [1.165, 1.54) is 4.90 Å². The van der Waals surface area contributed by atoms with Gasteiger partial charge in [0.15, 0.2) is 0 Å². The van der Waals surface area contributed by atoms with Crippen LogP contribution in [0.1, 0.15) is 12.7 Å². The van der Waals surface area contributed by atoms with Crippen molar-refractivity contribution in [3.8, 4) is 0 Å². The second kappa shape index (κ2) is 5.75. The van der Waals surface area contributed by atoms with Gasteiger partial charge >= 0.3 is 6.03 Å². The SMILES string of the molecule is CC(CO)N(C)C(=O)NCc1cc2ccccc2o1. The number of urea groups is 1. The number of nitrogens with zero attached hydrogens (tertiary/aromatic N) is 1. The van der Waals surface area contributed by atoms with Crippen LogP contribution in [0.4, 0.5) is 4.79 Å². The molecule has 0 aliphatic heterocycles. The molecule has 1 unspecified atom stereocenters. The van der Waals surface area contributed by atoms with Crippen LogP contribution in [0.25, 0.3) is 11.0 Å². The first kappa shape index (κ1) is 13.4. The number of furan rings is 1. The number of hydrogen-bond donors (Lipinski definition) is 2. The van der Waals surface area contributed by atoms with Gasteiger partial charge in [-0.15, -0.1) is 0 Å². The van der Waals surface area contributed by atoms with Crippen molar-refractivity contribution >= 4 is 17.0 Å². The number of fused-ring (bicyclic) bond motifs is 1. The fraction of sp³-hybridized carbons (Fsp3) is 0.357. The summed E-state index contributed by atoms with van der Waals surface area (Å²) in [5, 5.41) is 12.8. The van der Waals surface area contributed by atoms with Crippen LogP contribution in [0.15, 0.2) is 34.7 Å². The molecule has 1 aromatic heterocycles. The lowest BCUT2D eigenvalue weighted by Crippen LogP contribution is -2.43. The molecule has 0 radical (unpaired) electrons. The van der Waals surface area contributed by atoms with Crippen LogP contribution in [-0.4, -0.2) is 35.7 Å². The van der Waals surface area contributed by atoms with Crippen molar-refractivity contribution in [1.29, 1.82) is 0 Å². The Bertz CT molecular complexity index is 532. The maximum absolute atomic E-state index is 11.8. The second-order valence-corrected chi connectivity index (χ2v) is 4.55. The number of carbonyl (C=O) groups excluding carboxylic acids is 1. The number of nitrogens with one attached hydrogen (secondary N) is 1. The number of amides is 2. The number of carbonyl (C=O) groups is 1. The molecule has 102 valence electrons. The minimum absolute atomic E-state index is 0.0610. The van der Waals surface area contributed by atoms with Crippen molar-refractivity contribution in [3.63, 3.8) is 0 Å². The number of rotatable bonds is 4. The lowest BCUT2D eigenvalue weighted by atomic mass is 10.2. The molecule has 2 rings (SSSR count). The minimum Gasteiger partial charge on any atom is -0.459 e. The zero-order valence-corrected chi connectivity index (χ0v) is 11.1. The summed E-state index contributed by atoms with van der Waals surface area (Å²) in [4.78, 5) is 13.3. The predicted molar refractivity (Wildman–Crippen MR) is 72.8 cm³/mol. The molecule has 0 spiro atoms. The number of likely N-dealkylation sites (N-methyl/N-ethyl adjacent to an activating group) is 1. The second-order valence-electron chi connectivity index (χ2n) is 4.55. The molecule has 19 heavy (non-hydrogen) atoms. The molecule has 2 aromatic rings. The highest BCUT2D eigenvalue weighted by molar-refractivity contribution is 5.78. The van der Waals surface area contributed by atoms with Gasteiger partial charge in [-0.25, -0.2) is 4.79 Å². The topological polar surface area (TPSA) is 65.7 Å². The molecule has 1 aromatic carbocycles. The van der Waals surface area contributed by atoms with Crippen LogP contribution in [0.5, 0.6) is 0 Å². The van der Waals surface area contributed by atoms with E-state index < -0.39 is 0 Å². The first-order valence-electron chi connectivity index (χ1n) is 6.21. The standard InChI is InChI=1S/C14H18N2O3/c1-10(9-17)16(2)14(18)15-8-12-7-11-5-3-4-6-13(11)19-12/h3-7,10,17H,8-9H2,1-2H3,(H,15,18). The third-order valence-electron chi connectivity index (χ3n) is 3.14. The number of aliphatic hydroxyl groups excluding tert-OH is 1. The van der Waals surface area contributed by atoms with Crippen molar-refractivity contribution in [2.75, 3.05) is 13.7 Å². The maximum Gasteiger partial charge on any atom is 0.317 e. The summed E-state index contributed by atoms with van der Waals surface area (Å²) in [6, 6.07) is 9.16. The molecule has 2 N–H and O–H groups in total. The Labute approximate surface area is 111 Å². The summed E-state index contributed by atoms with van der Waals surface area (Å²) in [6.07, 6.45) is 0. The fourth-order valence-corrected chi connectivity index (χ4v) is 1.73. The van der Waals surface area contributed by atoms with E-state index in [1.807, 2.05) is 30.3 Å². The summed E-state index contributed by atoms with van der Waals surface area (Å²) in [5.74, 6) is 0.708. The minimum atomic E-state index is -0.234. The molecule has 0 aliphatic carbocycles. The molecule has 1 heterocycles. The summed E-state index contributed by atoms with van der Waals surface area (Å²) >= 11 is 0. The monoisotopic (exact) mass is 262 g/mol. The molecule has 0 saturated heterocycles. The highest BCUT2D eigenvalue weighted by Gasteiger charge is 2.14. The Morgan fingerprint density at radius 3 is 2.89 bits per heavy atom. The molecule has 1 atom stereocenters. The van der Waals surface area contributed by atoms with Crippen LogP contribution in [-0.2, 0) is 6.54 Å². The Morgan fingerprint density at radius 1 is 1.47 bits per heavy atom. The lowest BCUT2D eigenvalue weighted by molar-refractivity contribution is 0.156. The van der Waals surface area contributed by atoms with E-state index in [4.69, 9.17) is 9.52 Å². The van der Waals surface area contributed by atoms with Crippen molar-refractivity contribution in [2.24, 2.45) is 0 Å². The summed E-state index contributed by atoms with van der Waals surface area (Å²) in [6.45, 7) is 2.05. The molecule has 0 fully saturated rings. The van der Waals surface area contributed by atoms with Gasteiger partial charge in [-0.2, -0.15) is 0 Å². The van der Waals surface area contributed by atoms with Crippen molar-refractivity contribution < 1.29 is 14.3 Å². The first-order chi connectivity index (χ1) is 9.11. The summed E-state index contributed by atoms with van der Waals surface area (Å²) < 4.78 is 5.60. The number of para-hydroxylation sites is 1. The molecular weight excluding hydrogens is 244 g/mol. The van der Waals surface area contributed by atoms with Gasteiger partial charge in [-0.1, -0.05) is 18.2 Å². The molecule has 5 nitrogen and oxygen atoms in total. The van der Waals surface area contributed by atoms with Crippen molar-refractivity contribution in [3.05, 3.63) is 36.1 Å². The van der Waals surface area contributed by atoms with E-state index in [-0.39, 0.29) is 18.7 Å². The lowest BCUT2D eigenvalue weighted by Gasteiger charge is -2.23. The van der Waals surface area contributed by atoms with Crippen molar-refractivity contribution in [1.82, 2.24) is 10.2 Å². The van der Waals surface area contributed by atoms with Gasteiger partial charge in [0.05, 0.1) is 19.2 Å². The zero-order chi connectivity index (χ0) is 13.8. The van der Waals surface area contributed by atoms with E-state index in [9.17, 15) is 4.79 Å². The van der Waals surface area contributed by atoms with Gasteiger partial charge in [-0.3, -0.25) is 0 Å². The van der Waals surface area contributed by atoms with Crippen LogP contribution in [0.3, 0.4) is 0 Å². The van der Waals surface area contributed by atoms with Crippen LogP contribution >= 0.6 is 0 Å². The number of aliphatic hydroxyl groups is 1. The summed E-state index contributed by atoms with van der Waals surface area (Å²) in [7, 11) is 1.65. The molecule has 5 heteroatoms. The van der Waals surface area contributed by atoms with E-state index in [2.05, 4.69) is 5.32 Å². The Morgan fingerprint density at radius 2 is 2.21 bits per heavy atom. The number of benzene rings is 1. The molecule has 0 aliphatic rings. The average Bonchev–Trinajstić information content (AvgIpc) is 2.85. The fourth-order valence-electron chi connectivity index (χ4n) is 1.73. The average molecular weight is 262 g/mol. The number of hydrogen-bond acceptors (Lipinski definition) is 3. The van der Waals surface area contributed by atoms with Gasteiger partial charge in [0.2, 0.25) is 0 Å². The smallest absolute Gasteiger partial charge is 0.317 e. The largest absolute Gasteiger partial charge is 0.459 e. The zero-order valence-electron chi connectivity index (χ0n) is 11.1. The maximum atomic E-state index is 11.8. The van der Waals surface area contributed by atoms with Crippen molar-refractivity contribution in [2.45, 2.75) is 19.5 Å². The van der Waals surface area contributed by atoms with Crippen LogP contribution in [0.2, 0.25) is 0 Å². The normalized spacial score (nSPS) is 12.4. The van der Waals surface area contributed by atoms with E-state index in [0.717, 1.165) is 11.0 Å². The third kappa shape index (κ3) is 3.06. The van der Waals surface area contributed by atoms with E-state index in [1.54, 1.807) is 14.0 Å². The van der Waals surface area contributed by atoms with Gasteiger partial charge in [0.25, 0.3) is 0 Å². The van der Waals surface area contributed by atoms with Gasteiger partial charge < -0.3 is 19.7 Å². The highest BCUT2D eigenvalue weighted by Crippen LogP contribution is 2.18. The Hall–Kier alpha value is -2.01. The van der Waals surface area contributed by atoms with E-state index >= 15 is 0 Å². The Kier molecular flexibility index (Phi) is 4.06. The Balaban J connectivity index is 1.96. The van der Waals surface area contributed by atoms with Gasteiger partial charge in [0.1, 0.15) is 11.3 Å². The van der Waals surface area contributed by atoms with Crippen LogP contribution < -0.4 is 5.32 Å². The van der Waals surface area contributed by atoms with Crippen LogP contribution in [0, 0.1) is 0 Å². The molecular formula is C14H18N2O3. The van der Waals surface area contributed by atoms with Gasteiger partial charge in [-0.05, 0) is 19.1 Å². The summed E-state index contributed by atoms with van der Waals surface area (Å²) in [5.41, 5.74) is 0.809. The molecule has 0 bridgehead atoms.